The van der Waals surface area contributed by atoms with E-state index in [4.69, 9.17) is 0 Å². The van der Waals surface area contributed by atoms with Gasteiger partial charge in [0.2, 0.25) is 0 Å². The Morgan fingerprint density at radius 2 is 1.82 bits per heavy atom. The number of benzene rings is 1. The Morgan fingerprint density at radius 3 is 2.45 bits per heavy atom. The van der Waals surface area contributed by atoms with E-state index in [9.17, 15) is 9.59 Å². The van der Waals surface area contributed by atoms with E-state index >= 15 is 0 Å². The zero-order valence-corrected chi connectivity index (χ0v) is 14.3. The van der Waals surface area contributed by atoms with E-state index in [1.54, 1.807) is 0 Å². The third-order valence-corrected chi connectivity index (χ3v) is 6.25. The number of carbonyl (C=O) groups excluding carboxylic acids is 2. The van der Waals surface area contributed by atoms with Crippen molar-refractivity contribution in [1.82, 2.24) is 0 Å². The van der Waals surface area contributed by atoms with E-state index in [1.807, 2.05) is 13.8 Å². The lowest BCUT2D eigenvalue weighted by Crippen LogP contribution is -2.53. The van der Waals surface area contributed by atoms with Crippen LogP contribution in [0.25, 0.3) is 0 Å². The van der Waals surface area contributed by atoms with E-state index in [-0.39, 0.29) is 17.1 Å². The third-order valence-electron chi connectivity index (χ3n) is 6.25. The van der Waals surface area contributed by atoms with Crippen LogP contribution in [0.4, 0.5) is 0 Å². The fraction of sp³-hybridized carbons (Fsp3) is 0.600. The molecule has 2 nitrogen and oxygen atoms in total. The number of fused-ring (bicyclic) bond motifs is 3. The molecule has 1 aromatic carbocycles. The highest BCUT2D eigenvalue weighted by Crippen LogP contribution is 2.55. The first-order valence-electron chi connectivity index (χ1n) is 8.39. The molecule has 1 aromatic rings. The van der Waals surface area contributed by atoms with E-state index in [2.05, 4.69) is 39.0 Å². The van der Waals surface area contributed by atoms with Crippen molar-refractivity contribution >= 4 is 11.6 Å². The van der Waals surface area contributed by atoms with Crippen LogP contribution < -0.4 is 0 Å². The van der Waals surface area contributed by atoms with Gasteiger partial charge in [0.25, 0.3) is 0 Å². The van der Waals surface area contributed by atoms with Crippen molar-refractivity contribution in [1.29, 1.82) is 0 Å². The molecule has 1 saturated carbocycles. The molecule has 22 heavy (non-hydrogen) atoms. The average Bonchev–Trinajstić information content (AvgIpc) is 2.46. The molecule has 0 spiro atoms. The Balaban J connectivity index is 2.16. The van der Waals surface area contributed by atoms with Gasteiger partial charge in [-0.1, -0.05) is 46.8 Å². The smallest absolute Gasteiger partial charge is 0.163 e. The summed E-state index contributed by atoms with van der Waals surface area (Å²) in [5, 5.41) is 0. The number of rotatable bonds is 1. The minimum atomic E-state index is -0.406. The van der Waals surface area contributed by atoms with Crippen molar-refractivity contribution in [2.24, 2.45) is 11.3 Å². The molecule has 0 saturated heterocycles. The second-order valence-electron chi connectivity index (χ2n) is 8.20. The summed E-state index contributed by atoms with van der Waals surface area (Å²) in [7, 11) is 0. The Kier molecular flexibility index (Phi) is 3.36. The standard InChI is InChI=1S/C20H26O2/c1-12(2)13-6-7-15-14(10-13)16(21)11-17-19(3,4)18(22)8-9-20(15,17)5/h6-7,10,12,17H,8-9,11H2,1-5H3/t17-,20+/m0/s1. The van der Waals surface area contributed by atoms with Crippen LogP contribution in [0.2, 0.25) is 0 Å². The van der Waals surface area contributed by atoms with E-state index in [1.165, 1.54) is 11.1 Å². The van der Waals surface area contributed by atoms with Gasteiger partial charge in [-0.3, -0.25) is 9.59 Å². The highest BCUT2D eigenvalue weighted by atomic mass is 16.1. The van der Waals surface area contributed by atoms with Gasteiger partial charge in [0.15, 0.2) is 5.78 Å². The predicted octanol–water partition coefficient (Wildman–Crippen LogP) is 4.66. The first kappa shape index (κ1) is 15.5. The minimum Gasteiger partial charge on any atom is -0.299 e. The summed E-state index contributed by atoms with van der Waals surface area (Å²) in [4.78, 5) is 25.1. The van der Waals surface area contributed by atoms with Crippen molar-refractivity contribution in [2.45, 2.75) is 65.2 Å². The fourth-order valence-electron chi connectivity index (χ4n) is 4.61. The molecule has 0 aliphatic heterocycles. The summed E-state index contributed by atoms with van der Waals surface area (Å²) in [6.07, 6.45) is 1.99. The number of ketones is 2. The molecular formula is C20H26O2. The number of Topliss-reactive ketones (excluding diaryl/α,β-unsaturated/α-hetero) is 2. The van der Waals surface area contributed by atoms with Crippen molar-refractivity contribution in [3.63, 3.8) is 0 Å². The lowest BCUT2D eigenvalue weighted by atomic mass is 9.49. The summed E-state index contributed by atoms with van der Waals surface area (Å²) < 4.78 is 0. The highest BCUT2D eigenvalue weighted by molar-refractivity contribution is 6.01. The normalized spacial score (nSPS) is 30.2. The molecule has 2 heteroatoms. The van der Waals surface area contributed by atoms with Gasteiger partial charge in [-0.25, -0.2) is 0 Å². The average molecular weight is 298 g/mol. The molecule has 0 unspecified atom stereocenters. The first-order valence-corrected chi connectivity index (χ1v) is 8.39. The van der Waals surface area contributed by atoms with Gasteiger partial charge in [-0.2, -0.15) is 0 Å². The van der Waals surface area contributed by atoms with Crippen LogP contribution in [0, 0.1) is 11.3 Å². The van der Waals surface area contributed by atoms with Crippen molar-refractivity contribution in [2.75, 3.05) is 0 Å². The van der Waals surface area contributed by atoms with Crippen molar-refractivity contribution in [3.8, 4) is 0 Å². The monoisotopic (exact) mass is 298 g/mol. The summed E-state index contributed by atoms with van der Waals surface area (Å²) in [6, 6.07) is 6.40. The van der Waals surface area contributed by atoms with Crippen LogP contribution in [0.3, 0.4) is 0 Å². The first-order chi connectivity index (χ1) is 10.2. The largest absolute Gasteiger partial charge is 0.299 e. The fourth-order valence-corrected chi connectivity index (χ4v) is 4.61. The molecule has 0 radical (unpaired) electrons. The van der Waals surface area contributed by atoms with Gasteiger partial charge in [-0.15, -0.1) is 0 Å². The SMILES string of the molecule is CC(C)c1ccc2c(c1)C(=O)C[C@H]1C(C)(C)C(=O)CC[C@]21C. The quantitative estimate of drug-likeness (QED) is 0.755. The number of hydrogen-bond donors (Lipinski definition) is 0. The van der Waals surface area contributed by atoms with Gasteiger partial charge in [0.05, 0.1) is 0 Å². The van der Waals surface area contributed by atoms with Crippen LogP contribution in [-0.2, 0) is 10.2 Å². The molecule has 2 aliphatic carbocycles. The second kappa shape index (κ2) is 4.78. The summed E-state index contributed by atoms with van der Waals surface area (Å²) >= 11 is 0. The lowest BCUT2D eigenvalue weighted by Gasteiger charge is -2.52. The Labute approximate surface area is 133 Å². The van der Waals surface area contributed by atoms with E-state index in [0.717, 1.165) is 12.0 Å². The lowest BCUT2D eigenvalue weighted by molar-refractivity contribution is -0.136. The topological polar surface area (TPSA) is 34.1 Å². The molecule has 2 atom stereocenters. The van der Waals surface area contributed by atoms with Crippen LogP contribution in [0.15, 0.2) is 18.2 Å². The molecule has 0 amide bonds. The maximum absolute atomic E-state index is 12.7. The van der Waals surface area contributed by atoms with Gasteiger partial charge < -0.3 is 0 Å². The Morgan fingerprint density at radius 1 is 1.14 bits per heavy atom. The second-order valence-corrected chi connectivity index (χ2v) is 8.20. The molecular weight excluding hydrogens is 272 g/mol. The molecule has 3 rings (SSSR count). The van der Waals surface area contributed by atoms with Gasteiger partial charge in [0.1, 0.15) is 5.78 Å². The van der Waals surface area contributed by atoms with Crippen LogP contribution in [-0.4, -0.2) is 11.6 Å². The zero-order chi connectivity index (χ0) is 16.3. The molecule has 0 heterocycles. The summed E-state index contributed by atoms with van der Waals surface area (Å²) in [5.74, 6) is 1.06. The van der Waals surface area contributed by atoms with Crippen molar-refractivity contribution < 1.29 is 9.59 Å². The van der Waals surface area contributed by atoms with Crippen molar-refractivity contribution in [3.05, 3.63) is 34.9 Å². The maximum Gasteiger partial charge on any atom is 0.163 e. The van der Waals surface area contributed by atoms with Gasteiger partial charge in [0, 0.05) is 23.8 Å². The zero-order valence-electron chi connectivity index (χ0n) is 14.3. The van der Waals surface area contributed by atoms with Gasteiger partial charge >= 0.3 is 0 Å². The Bertz CT molecular complexity index is 654. The Hall–Kier alpha value is -1.44. The molecule has 118 valence electrons. The predicted molar refractivity (Wildman–Crippen MR) is 88.3 cm³/mol. The summed E-state index contributed by atoms with van der Waals surface area (Å²) in [6.45, 7) is 10.6. The maximum atomic E-state index is 12.7. The minimum absolute atomic E-state index is 0.0594. The van der Waals surface area contributed by atoms with Crippen LogP contribution >= 0.6 is 0 Å². The third kappa shape index (κ3) is 2.00. The van der Waals surface area contributed by atoms with Gasteiger partial charge in [-0.05, 0) is 40.9 Å². The molecule has 0 N–H and O–H groups in total. The summed E-state index contributed by atoms with van der Waals surface area (Å²) in [5.41, 5.74) is 2.82. The molecule has 0 bridgehead atoms. The van der Waals surface area contributed by atoms with E-state index < -0.39 is 5.41 Å². The number of hydrogen-bond acceptors (Lipinski definition) is 2. The number of carbonyl (C=O) groups is 2. The van der Waals surface area contributed by atoms with Crippen LogP contribution in [0.5, 0.6) is 0 Å². The highest BCUT2D eigenvalue weighted by Gasteiger charge is 2.55. The van der Waals surface area contributed by atoms with E-state index in [0.29, 0.717) is 24.5 Å². The van der Waals surface area contributed by atoms with Crippen LogP contribution in [0.1, 0.15) is 81.3 Å². The molecule has 0 aromatic heterocycles. The molecule has 2 aliphatic rings. The molecule has 1 fully saturated rings.